The van der Waals surface area contributed by atoms with Crippen molar-refractivity contribution in [3.8, 4) is 0 Å². The molecule has 0 atom stereocenters. The van der Waals surface area contributed by atoms with Crippen LogP contribution >= 0.6 is 0 Å². The van der Waals surface area contributed by atoms with E-state index in [1.807, 2.05) is 0 Å². The van der Waals surface area contributed by atoms with Crippen molar-refractivity contribution >= 4 is 0 Å². The summed E-state index contributed by atoms with van der Waals surface area (Å²) >= 11 is 0. The van der Waals surface area contributed by atoms with Crippen LogP contribution in [0.25, 0.3) is 0 Å². The van der Waals surface area contributed by atoms with Gasteiger partial charge in [0, 0.05) is 5.69 Å². The van der Waals surface area contributed by atoms with E-state index in [-0.39, 0.29) is 0 Å². The molecule has 1 aromatic heterocycles. The monoisotopic (exact) mass is 179 g/mol. The molecule has 13 heavy (non-hydrogen) atoms. The zero-order valence-corrected chi connectivity index (χ0v) is 8.19. The zero-order chi connectivity index (χ0) is 9.10. The highest BCUT2D eigenvalue weighted by atomic mass is 15.0. The predicted molar refractivity (Wildman–Crippen MR) is 52.6 cm³/mol. The lowest BCUT2D eigenvalue weighted by atomic mass is 10.3. The third-order valence-corrected chi connectivity index (χ3v) is 2.47. The average Bonchev–Trinajstić information content (AvgIpc) is 2.64. The molecule has 1 aliphatic carbocycles. The van der Waals surface area contributed by atoms with E-state index >= 15 is 0 Å². The number of rotatable bonds is 4. The number of aromatic nitrogens is 2. The van der Waals surface area contributed by atoms with Gasteiger partial charge < -0.3 is 10.3 Å². The molecule has 0 aromatic carbocycles. The number of nitrogens with one attached hydrogen (secondary N) is 2. The summed E-state index contributed by atoms with van der Waals surface area (Å²) in [5.41, 5.74) is 2.67. The number of hydrogen-bond acceptors (Lipinski definition) is 2. The minimum Gasteiger partial charge on any atom is -0.345 e. The number of aromatic amines is 1. The minimum atomic E-state index is 0.890. The fourth-order valence-electron chi connectivity index (χ4n) is 1.82. The number of aryl methyl sites for hydroxylation is 2. The Morgan fingerprint density at radius 2 is 2.38 bits per heavy atom. The summed E-state index contributed by atoms with van der Waals surface area (Å²) < 4.78 is 0. The summed E-state index contributed by atoms with van der Waals surface area (Å²) in [7, 11) is 0. The maximum Gasteiger partial charge on any atom is 0.120 e. The maximum absolute atomic E-state index is 4.54. The molecule has 72 valence electrons. The van der Waals surface area contributed by atoms with Crippen molar-refractivity contribution in [2.24, 2.45) is 0 Å². The van der Waals surface area contributed by atoms with Crippen molar-refractivity contribution < 1.29 is 0 Å². The first-order valence-corrected chi connectivity index (χ1v) is 5.17. The fourth-order valence-corrected chi connectivity index (χ4v) is 1.82. The molecule has 0 fully saturated rings. The first-order chi connectivity index (χ1) is 6.40. The summed E-state index contributed by atoms with van der Waals surface area (Å²) in [6, 6.07) is 0. The second-order valence-corrected chi connectivity index (χ2v) is 3.64. The lowest BCUT2D eigenvalue weighted by Crippen LogP contribution is -2.14. The van der Waals surface area contributed by atoms with Gasteiger partial charge in [0.25, 0.3) is 0 Å². The van der Waals surface area contributed by atoms with E-state index in [0.29, 0.717) is 0 Å². The molecule has 1 aromatic rings. The minimum absolute atomic E-state index is 0.890. The molecule has 0 unspecified atom stereocenters. The Kier molecular flexibility index (Phi) is 2.64. The molecular formula is C10H17N3. The van der Waals surface area contributed by atoms with Crippen molar-refractivity contribution in [2.75, 3.05) is 6.54 Å². The molecule has 2 N–H and O–H groups in total. The molecule has 0 aliphatic heterocycles. The van der Waals surface area contributed by atoms with Crippen LogP contribution in [0.4, 0.5) is 0 Å². The van der Waals surface area contributed by atoms with Crippen LogP contribution in [0.2, 0.25) is 0 Å². The molecule has 0 radical (unpaired) electrons. The quantitative estimate of drug-likeness (QED) is 0.686. The number of nitrogens with zero attached hydrogens (tertiary/aromatic N) is 1. The van der Waals surface area contributed by atoms with Gasteiger partial charge in [0.15, 0.2) is 0 Å². The molecule has 3 nitrogen and oxygen atoms in total. The van der Waals surface area contributed by atoms with Gasteiger partial charge >= 0.3 is 0 Å². The van der Waals surface area contributed by atoms with Crippen LogP contribution in [-0.2, 0) is 19.4 Å². The SMILES string of the molecule is CCCNCc1nc2c([nH]1)CCC2. The molecule has 2 rings (SSSR count). The van der Waals surface area contributed by atoms with Crippen LogP contribution in [0.3, 0.4) is 0 Å². The van der Waals surface area contributed by atoms with Crippen molar-refractivity contribution in [2.45, 2.75) is 39.2 Å². The van der Waals surface area contributed by atoms with Crippen molar-refractivity contribution in [1.29, 1.82) is 0 Å². The molecule has 1 heterocycles. The highest BCUT2D eigenvalue weighted by molar-refractivity contribution is 5.19. The van der Waals surface area contributed by atoms with Gasteiger partial charge in [-0.25, -0.2) is 4.98 Å². The van der Waals surface area contributed by atoms with E-state index in [1.54, 1.807) is 0 Å². The van der Waals surface area contributed by atoms with Gasteiger partial charge in [-0.2, -0.15) is 0 Å². The van der Waals surface area contributed by atoms with Crippen LogP contribution in [0.15, 0.2) is 0 Å². The van der Waals surface area contributed by atoms with Crippen LogP contribution < -0.4 is 5.32 Å². The van der Waals surface area contributed by atoms with Gasteiger partial charge in [-0.3, -0.25) is 0 Å². The van der Waals surface area contributed by atoms with Crippen LogP contribution in [0, 0.1) is 0 Å². The zero-order valence-electron chi connectivity index (χ0n) is 8.19. The number of fused-ring (bicyclic) bond motifs is 1. The van der Waals surface area contributed by atoms with Crippen molar-refractivity contribution in [1.82, 2.24) is 15.3 Å². The van der Waals surface area contributed by atoms with E-state index in [1.165, 1.54) is 37.1 Å². The van der Waals surface area contributed by atoms with Crippen LogP contribution in [0.1, 0.15) is 37.0 Å². The van der Waals surface area contributed by atoms with Crippen LogP contribution in [0.5, 0.6) is 0 Å². The highest BCUT2D eigenvalue weighted by Crippen LogP contribution is 2.18. The number of imidazole rings is 1. The molecule has 0 saturated carbocycles. The summed E-state index contributed by atoms with van der Waals surface area (Å²) in [4.78, 5) is 7.92. The molecule has 0 bridgehead atoms. The Morgan fingerprint density at radius 3 is 3.15 bits per heavy atom. The van der Waals surface area contributed by atoms with Crippen LogP contribution in [-0.4, -0.2) is 16.5 Å². The Labute approximate surface area is 79.0 Å². The smallest absolute Gasteiger partial charge is 0.120 e. The second kappa shape index (κ2) is 3.92. The van der Waals surface area contributed by atoms with Gasteiger partial charge in [-0.05, 0) is 32.2 Å². The predicted octanol–water partition coefficient (Wildman–Crippen LogP) is 1.40. The van der Waals surface area contributed by atoms with Gasteiger partial charge in [0.2, 0.25) is 0 Å². The highest BCUT2D eigenvalue weighted by Gasteiger charge is 2.14. The first-order valence-electron chi connectivity index (χ1n) is 5.17. The van der Waals surface area contributed by atoms with E-state index in [0.717, 1.165) is 18.9 Å². The van der Waals surface area contributed by atoms with Gasteiger partial charge in [-0.1, -0.05) is 6.92 Å². The first kappa shape index (κ1) is 8.75. The van der Waals surface area contributed by atoms with E-state index in [9.17, 15) is 0 Å². The maximum atomic E-state index is 4.54. The Bertz CT molecular complexity index is 256. The number of hydrogen-bond donors (Lipinski definition) is 2. The Hall–Kier alpha value is -0.830. The standard InChI is InChI=1S/C10H17N3/c1-2-6-11-7-10-12-8-4-3-5-9(8)13-10/h11H,2-7H2,1H3,(H,12,13). The van der Waals surface area contributed by atoms with Gasteiger partial charge in [-0.15, -0.1) is 0 Å². The summed E-state index contributed by atoms with van der Waals surface area (Å²) in [5, 5.41) is 3.35. The van der Waals surface area contributed by atoms with E-state index in [4.69, 9.17) is 0 Å². The molecule has 1 aliphatic rings. The fraction of sp³-hybridized carbons (Fsp3) is 0.700. The van der Waals surface area contributed by atoms with E-state index in [2.05, 4.69) is 22.2 Å². The van der Waals surface area contributed by atoms with Gasteiger partial charge in [0.05, 0.1) is 12.2 Å². The molecule has 0 amide bonds. The van der Waals surface area contributed by atoms with E-state index < -0.39 is 0 Å². The Balaban J connectivity index is 1.91. The molecular weight excluding hydrogens is 162 g/mol. The Morgan fingerprint density at radius 1 is 1.46 bits per heavy atom. The molecule has 3 heteroatoms. The lowest BCUT2D eigenvalue weighted by molar-refractivity contribution is 0.651. The number of H-pyrrole nitrogens is 1. The van der Waals surface area contributed by atoms with Crippen molar-refractivity contribution in [3.63, 3.8) is 0 Å². The third-order valence-electron chi connectivity index (χ3n) is 2.47. The van der Waals surface area contributed by atoms with Gasteiger partial charge in [0.1, 0.15) is 5.82 Å². The lowest BCUT2D eigenvalue weighted by Gasteiger charge is -1.98. The van der Waals surface area contributed by atoms with Crippen molar-refractivity contribution in [3.05, 3.63) is 17.2 Å². The largest absolute Gasteiger partial charge is 0.345 e. The second-order valence-electron chi connectivity index (χ2n) is 3.64. The summed E-state index contributed by atoms with van der Waals surface area (Å²) in [5.74, 6) is 1.11. The topological polar surface area (TPSA) is 40.7 Å². The normalized spacial score (nSPS) is 14.8. The third kappa shape index (κ3) is 1.91. The average molecular weight is 179 g/mol. The summed E-state index contributed by atoms with van der Waals surface area (Å²) in [6.45, 7) is 4.14. The molecule has 0 saturated heterocycles. The summed E-state index contributed by atoms with van der Waals surface area (Å²) in [6.07, 6.45) is 4.81. The molecule has 0 spiro atoms.